The molecule has 1 aliphatic heterocycles. The predicted octanol–water partition coefficient (Wildman–Crippen LogP) is 2.94. The van der Waals surface area contributed by atoms with Gasteiger partial charge >= 0.3 is 6.18 Å². The van der Waals surface area contributed by atoms with Gasteiger partial charge in [0, 0.05) is 12.0 Å². The second kappa shape index (κ2) is 7.06. The first-order valence-corrected chi connectivity index (χ1v) is 8.27. The van der Waals surface area contributed by atoms with Crippen LogP contribution in [0.1, 0.15) is 16.7 Å². The van der Waals surface area contributed by atoms with E-state index in [2.05, 4.69) is 11.4 Å². The van der Waals surface area contributed by atoms with Gasteiger partial charge in [0.05, 0.1) is 22.8 Å². The van der Waals surface area contributed by atoms with E-state index >= 15 is 0 Å². The summed E-state index contributed by atoms with van der Waals surface area (Å²) >= 11 is 5.91. The van der Waals surface area contributed by atoms with Crippen molar-refractivity contribution < 1.29 is 22.9 Å². The number of hydrogen-bond acceptors (Lipinski definition) is 1. The molecule has 0 saturated heterocycles. The van der Waals surface area contributed by atoms with Crippen LogP contribution in [0.2, 0.25) is 5.02 Å². The van der Waals surface area contributed by atoms with E-state index in [4.69, 9.17) is 11.6 Å². The predicted molar refractivity (Wildman–Crippen MR) is 89.6 cm³/mol. The highest BCUT2D eigenvalue weighted by atomic mass is 35.5. The monoisotopic (exact) mass is 369 g/mol. The fourth-order valence-corrected chi connectivity index (χ4v) is 3.18. The van der Waals surface area contributed by atoms with Gasteiger partial charge in [-0.05, 0) is 23.8 Å². The minimum Gasteiger partial charge on any atom is -0.323 e. The quantitative estimate of drug-likeness (QED) is 0.857. The van der Waals surface area contributed by atoms with Crippen LogP contribution < -0.4 is 10.2 Å². The normalized spacial score (nSPS) is 17.0. The Labute approximate surface area is 148 Å². The summed E-state index contributed by atoms with van der Waals surface area (Å²) < 4.78 is 38.4. The summed E-state index contributed by atoms with van der Waals surface area (Å²) in [7, 11) is 0. The molecule has 0 spiro atoms. The van der Waals surface area contributed by atoms with Crippen LogP contribution in [0, 0.1) is 0 Å². The van der Waals surface area contributed by atoms with Crippen LogP contribution in [0.3, 0.4) is 0 Å². The van der Waals surface area contributed by atoms with Crippen LogP contribution in [0.5, 0.6) is 0 Å². The summed E-state index contributed by atoms with van der Waals surface area (Å²) in [5, 5.41) is 2.59. The lowest BCUT2D eigenvalue weighted by molar-refractivity contribution is -0.907. The highest BCUT2D eigenvalue weighted by Crippen LogP contribution is 2.33. The van der Waals surface area contributed by atoms with Crippen molar-refractivity contribution in [2.24, 2.45) is 0 Å². The van der Waals surface area contributed by atoms with Gasteiger partial charge in [0.1, 0.15) is 6.54 Å². The van der Waals surface area contributed by atoms with Crippen molar-refractivity contribution in [2.75, 3.05) is 18.4 Å². The van der Waals surface area contributed by atoms with Gasteiger partial charge < -0.3 is 10.2 Å². The maximum Gasteiger partial charge on any atom is 0.416 e. The third-order valence-corrected chi connectivity index (χ3v) is 4.61. The Morgan fingerprint density at radius 2 is 1.88 bits per heavy atom. The summed E-state index contributed by atoms with van der Waals surface area (Å²) in [4.78, 5) is 13.3. The van der Waals surface area contributed by atoms with Crippen LogP contribution in [-0.2, 0) is 23.9 Å². The Morgan fingerprint density at radius 1 is 1.16 bits per heavy atom. The molecule has 0 bridgehead atoms. The number of quaternary nitrogens is 1. The molecular formula is C18H17ClF3N2O+. The average Bonchev–Trinajstić information content (AvgIpc) is 2.55. The van der Waals surface area contributed by atoms with Gasteiger partial charge in [-0.15, -0.1) is 0 Å². The van der Waals surface area contributed by atoms with Crippen molar-refractivity contribution in [1.29, 1.82) is 0 Å². The van der Waals surface area contributed by atoms with E-state index < -0.39 is 11.7 Å². The second-order valence-corrected chi connectivity index (χ2v) is 6.52. The number of anilines is 1. The molecule has 7 heteroatoms. The van der Waals surface area contributed by atoms with E-state index in [1.54, 1.807) is 0 Å². The molecule has 2 aromatic rings. The molecular weight excluding hydrogens is 353 g/mol. The number of alkyl halides is 3. The highest BCUT2D eigenvalue weighted by molar-refractivity contribution is 6.33. The number of carbonyl (C=O) groups is 1. The zero-order valence-corrected chi connectivity index (χ0v) is 14.0. The summed E-state index contributed by atoms with van der Waals surface area (Å²) in [5.74, 6) is -0.351. The first-order valence-electron chi connectivity index (χ1n) is 7.90. The number of carbonyl (C=O) groups excluding carboxylic acids is 1. The summed E-state index contributed by atoms with van der Waals surface area (Å²) in [6.45, 7) is 1.71. The van der Waals surface area contributed by atoms with Crippen molar-refractivity contribution in [3.8, 4) is 0 Å². The zero-order valence-electron chi connectivity index (χ0n) is 13.3. The van der Waals surface area contributed by atoms with Crippen LogP contribution in [0.25, 0.3) is 0 Å². The minimum atomic E-state index is -4.48. The van der Waals surface area contributed by atoms with Crippen molar-refractivity contribution in [3.05, 3.63) is 64.2 Å². The average molecular weight is 370 g/mol. The van der Waals surface area contributed by atoms with Gasteiger partial charge in [0.2, 0.25) is 0 Å². The Bertz CT molecular complexity index is 792. The third kappa shape index (κ3) is 4.32. The largest absolute Gasteiger partial charge is 0.416 e. The van der Waals surface area contributed by atoms with Crippen LogP contribution in [-0.4, -0.2) is 19.0 Å². The number of fused-ring (bicyclic) bond motifs is 1. The molecule has 1 aliphatic rings. The molecule has 1 amide bonds. The fourth-order valence-electron chi connectivity index (χ4n) is 3.01. The Hall–Kier alpha value is -2.05. The molecule has 0 aliphatic carbocycles. The summed E-state index contributed by atoms with van der Waals surface area (Å²) in [6.07, 6.45) is -3.60. The van der Waals surface area contributed by atoms with Gasteiger partial charge in [-0.2, -0.15) is 13.2 Å². The van der Waals surface area contributed by atoms with E-state index in [9.17, 15) is 18.0 Å². The lowest BCUT2D eigenvalue weighted by Crippen LogP contribution is -3.12. The number of amides is 1. The van der Waals surface area contributed by atoms with E-state index in [1.165, 1.54) is 11.1 Å². The summed E-state index contributed by atoms with van der Waals surface area (Å²) in [5.41, 5.74) is 1.63. The molecule has 132 valence electrons. The third-order valence-electron chi connectivity index (χ3n) is 4.29. The fraction of sp³-hybridized carbons (Fsp3) is 0.278. The number of nitrogens with one attached hydrogen (secondary N) is 2. The molecule has 0 radical (unpaired) electrons. The molecule has 0 fully saturated rings. The number of halogens is 4. The van der Waals surface area contributed by atoms with Crippen molar-refractivity contribution in [3.63, 3.8) is 0 Å². The Balaban J connectivity index is 1.66. The van der Waals surface area contributed by atoms with Gasteiger partial charge in [0.15, 0.2) is 6.54 Å². The molecule has 2 N–H and O–H groups in total. The van der Waals surface area contributed by atoms with Gasteiger partial charge in [0.25, 0.3) is 5.91 Å². The molecule has 1 atom stereocenters. The zero-order chi connectivity index (χ0) is 18.0. The molecule has 3 nitrogen and oxygen atoms in total. The highest BCUT2D eigenvalue weighted by Gasteiger charge is 2.31. The number of rotatable bonds is 3. The van der Waals surface area contributed by atoms with E-state index in [1.807, 2.05) is 18.2 Å². The van der Waals surface area contributed by atoms with E-state index in [0.717, 1.165) is 42.6 Å². The lowest BCUT2D eigenvalue weighted by Gasteiger charge is -2.25. The molecule has 0 saturated carbocycles. The first-order chi connectivity index (χ1) is 11.8. The van der Waals surface area contributed by atoms with E-state index in [0.29, 0.717) is 0 Å². The number of benzene rings is 2. The molecule has 1 unspecified atom stereocenters. The van der Waals surface area contributed by atoms with E-state index in [-0.39, 0.29) is 23.2 Å². The number of hydrogen-bond donors (Lipinski definition) is 2. The van der Waals surface area contributed by atoms with Crippen molar-refractivity contribution in [2.45, 2.75) is 19.1 Å². The van der Waals surface area contributed by atoms with Gasteiger partial charge in [-0.25, -0.2) is 0 Å². The van der Waals surface area contributed by atoms with Crippen LogP contribution in [0.4, 0.5) is 18.9 Å². The first kappa shape index (κ1) is 17.8. The molecule has 2 aromatic carbocycles. The van der Waals surface area contributed by atoms with Gasteiger partial charge in [-0.1, -0.05) is 35.9 Å². The van der Waals surface area contributed by atoms with Crippen LogP contribution in [0.15, 0.2) is 42.5 Å². The molecule has 3 rings (SSSR count). The maximum absolute atomic E-state index is 12.8. The standard InChI is InChI=1S/C18H16ClF3N2O/c19-15-6-5-14(18(20,21)22)9-16(15)23-17(25)11-24-8-7-12-3-1-2-4-13(12)10-24/h1-6,9H,7-8,10-11H2,(H,23,25)/p+1. The second-order valence-electron chi connectivity index (χ2n) is 6.11. The Kier molecular flexibility index (Phi) is 5.01. The summed E-state index contributed by atoms with van der Waals surface area (Å²) in [6, 6.07) is 11.0. The SMILES string of the molecule is O=C(C[NH+]1CCc2ccccc2C1)Nc1cc(C(F)(F)F)ccc1Cl. The van der Waals surface area contributed by atoms with Crippen molar-refractivity contribution in [1.82, 2.24) is 0 Å². The maximum atomic E-state index is 12.8. The minimum absolute atomic E-state index is 0.0155. The van der Waals surface area contributed by atoms with Gasteiger partial charge in [-0.3, -0.25) is 4.79 Å². The molecule has 0 aromatic heterocycles. The van der Waals surface area contributed by atoms with Crippen molar-refractivity contribution >= 4 is 23.2 Å². The Morgan fingerprint density at radius 3 is 2.60 bits per heavy atom. The lowest BCUT2D eigenvalue weighted by atomic mass is 10.00. The molecule has 1 heterocycles. The molecule has 25 heavy (non-hydrogen) atoms. The van der Waals surface area contributed by atoms with Crippen LogP contribution >= 0.6 is 11.6 Å². The smallest absolute Gasteiger partial charge is 0.323 e. The topological polar surface area (TPSA) is 33.5 Å².